The van der Waals surface area contributed by atoms with Gasteiger partial charge in [0, 0.05) is 10.7 Å². The molecule has 1 atom stereocenters. The van der Waals surface area contributed by atoms with Crippen molar-refractivity contribution in [2.75, 3.05) is 0 Å². The van der Waals surface area contributed by atoms with Crippen LogP contribution in [0.3, 0.4) is 0 Å². The number of rotatable bonds is 2. The van der Waals surface area contributed by atoms with Gasteiger partial charge in [-0.25, -0.2) is 0 Å². The molecule has 1 rings (SSSR count). The van der Waals surface area contributed by atoms with E-state index in [2.05, 4.69) is 59.2 Å². The van der Waals surface area contributed by atoms with Gasteiger partial charge in [-0.15, -0.1) is 0 Å². The Kier molecular flexibility index (Phi) is 8.10. The third kappa shape index (κ3) is 7.82. The smallest absolute Gasteiger partial charge is 0.0579 e. The van der Waals surface area contributed by atoms with Crippen LogP contribution in [0.25, 0.3) is 0 Å². The van der Waals surface area contributed by atoms with Gasteiger partial charge in [-0.2, -0.15) is 0 Å². The van der Waals surface area contributed by atoms with E-state index in [9.17, 15) is 0 Å². The highest BCUT2D eigenvalue weighted by atomic mass is 79.9. The zero-order valence-electron chi connectivity index (χ0n) is 9.66. The molecule has 1 N–H and O–H groups in total. The molecule has 1 aromatic heterocycles. The van der Waals surface area contributed by atoms with E-state index >= 15 is 0 Å². The Labute approximate surface area is 107 Å². The van der Waals surface area contributed by atoms with Crippen molar-refractivity contribution >= 4 is 28.7 Å². The second kappa shape index (κ2) is 8.13. The molecule has 2 nitrogen and oxygen atoms in total. The largest absolute Gasteiger partial charge is 0.258 e. The van der Waals surface area contributed by atoms with Crippen LogP contribution >= 0.6 is 28.7 Å². The van der Waals surface area contributed by atoms with Gasteiger partial charge in [-0.3, -0.25) is 9.71 Å². The zero-order chi connectivity index (χ0) is 11.8. The molecule has 1 unspecified atom stereocenters. The first kappa shape index (κ1) is 14.9. The van der Waals surface area contributed by atoms with Crippen LogP contribution < -0.4 is 4.72 Å². The molecule has 0 aliphatic rings. The molecule has 0 aliphatic carbocycles. The van der Waals surface area contributed by atoms with Crippen LogP contribution in [0.2, 0.25) is 0 Å². The highest BCUT2D eigenvalue weighted by Gasteiger charge is 2.02. The van der Waals surface area contributed by atoms with Gasteiger partial charge >= 0.3 is 0 Å². The minimum absolute atomic E-state index is 0.187. The lowest BCUT2D eigenvalue weighted by Crippen LogP contribution is -2.08. The van der Waals surface area contributed by atoms with E-state index in [4.69, 9.17) is 0 Å². The number of nitrogens with one attached hydrogen (secondary N) is 1. The predicted octanol–water partition coefficient (Wildman–Crippen LogP) is 4.00. The number of thiol groups is 1. The normalized spacial score (nSPS) is 11.9. The first-order valence-electron chi connectivity index (χ1n) is 4.98. The molecule has 1 heterocycles. The molecule has 0 aliphatic heterocycles. The average Bonchev–Trinajstić information content (AvgIpc) is 2.17. The average molecular weight is 291 g/mol. The number of halogens is 1. The van der Waals surface area contributed by atoms with Crippen molar-refractivity contribution in [3.63, 3.8) is 0 Å². The second-order valence-electron chi connectivity index (χ2n) is 3.98. The predicted molar refractivity (Wildman–Crippen MR) is 73.0 cm³/mol. The molecular weight excluding hydrogens is 272 g/mol. The lowest BCUT2D eigenvalue weighted by Gasteiger charge is -2.07. The summed E-state index contributed by atoms with van der Waals surface area (Å²) in [5.41, 5.74) is 0.989. The molecule has 0 amide bonds. The Morgan fingerprint density at radius 2 is 1.80 bits per heavy atom. The van der Waals surface area contributed by atoms with Crippen LogP contribution in [0.5, 0.6) is 0 Å². The van der Waals surface area contributed by atoms with Gasteiger partial charge in [0.05, 0.1) is 11.7 Å². The fourth-order valence-corrected chi connectivity index (χ4v) is 1.08. The molecule has 15 heavy (non-hydrogen) atoms. The van der Waals surface area contributed by atoms with E-state index in [1.165, 1.54) is 0 Å². The lowest BCUT2D eigenvalue weighted by atomic mass is 10.2. The van der Waals surface area contributed by atoms with Crippen LogP contribution in [-0.4, -0.2) is 4.98 Å². The van der Waals surface area contributed by atoms with Crippen LogP contribution in [0.1, 0.15) is 39.4 Å². The molecule has 0 saturated carbocycles. The minimum Gasteiger partial charge on any atom is -0.258 e. The van der Waals surface area contributed by atoms with Crippen LogP contribution in [0.4, 0.5) is 0 Å². The molecule has 0 radical (unpaired) electrons. The van der Waals surface area contributed by atoms with Crippen LogP contribution in [0, 0.1) is 5.92 Å². The lowest BCUT2D eigenvalue weighted by molar-refractivity contribution is 0.728. The standard InChI is InChI=1S/C7H9BrN2S.C4H10/c1-5(10-11)7-3-2-6(8)4-9-7;1-4(2)3/h2-5,10-11H,1H3;4H,1-3H3. The highest BCUT2D eigenvalue weighted by Crippen LogP contribution is 2.13. The topological polar surface area (TPSA) is 24.9 Å². The van der Waals surface area contributed by atoms with Gasteiger partial charge in [0.1, 0.15) is 0 Å². The first-order valence-corrected chi connectivity index (χ1v) is 6.22. The maximum Gasteiger partial charge on any atom is 0.0579 e. The van der Waals surface area contributed by atoms with Crippen molar-refractivity contribution in [2.24, 2.45) is 5.92 Å². The van der Waals surface area contributed by atoms with Gasteiger partial charge in [0.15, 0.2) is 0 Å². The molecule has 1 aromatic rings. The summed E-state index contributed by atoms with van der Waals surface area (Å²) in [6, 6.07) is 4.11. The van der Waals surface area contributed by atoms with E-state index in [1.807, 2.05) is 19.1 Å². The van der Waals surface area contributed by atoms with Crippen molar-refractivity contribution < 1.29 is 0 Å². The quantitative estimate of drug-likeness (QED) is 0.805. The van der Waals surface area contributed by atoms with E-state index in [0.717, 1.165) is 16.1 Å². The Bertz CT molecular complexity index is 259. The summed E-state index contributed by atoms with van der Waals surface area (Å²) in [4.78, 5) is 4.19. The Morgan fingerprint density at radius 1 is 1.27 bits per heavy atom. The maximum absolute atomic E-state index is 4.19. The second-order valence-corrected chi connectivity index (χ2v) is 5.16. The number of hydrogen-bond donors (Lipinski definition) is 2. The van der Waals surface area contributed by atoms with Gasteiger partial charge in [-0.05, 0) is 40.9 Å². The van der Waals surface area contributed by atoms with E-state index in [-0.39, 0.29) is 6.04 Å². The SMILES string of the molecule is CC(C)C.CC(NS)c1ccc(Br)cn1. The summed E-state index contributed by atoms with van der Waals surface area (Å²) in [5.74, 6) is 0.833. The minimum atomic E-state index is 0.187. The Hall–Kier alpha value is -0.0600. The number of nitrogens with zero attached hydrogens (tertiary/aromatic N) is 1. The van der Waals surface area contributed by atoms with Crippen molar-refractivity contribution in [3.05, 3.63) is 28.5 Å². The summed E-state index contributed by atoms with van der Waals surface area (Å²) >= 11 is 7.27. The molecule has 0 bridgehead atoms. The third-order valence-corrected chi connectivity index (χ3v) is 2.24. The maximum atomic E-state index is 4.19. The summed E-state index contributed by atoms with van der Waals surface area (Å²) in [6.45, 7) is 8.50. The molecule has 4 heteroatoms. The van der Waals surface area contributed by atoms with Crippen LogP contribution in [0.15, 0.2) is 22.8 Å². The van der Waals surface area contributed by atoms with Gasteiger partial charge in [0.25, 0.3) is 0 Å². The summed E-state index contributed by atoms with van der Waals surface area (Å²) < 4.78 is 3.81. The van der Waals surface area contributed by atoms with Crippen molar-refractivity contribution in [2.45, 2.75) is 33.7 Å². The fraction of sp³-hybridized carbons (Fsp3) is 0.545. The number of pyridine rings is 1. The first-order chi connectivity index (χ1) is 6.97. The Balaban J connectivity index is 0.000000423. The van der Waals surface area contributed by atoms with Gasteiger partial charge < -0.3 is 0 Å². The van der Waals surface area contributed by atoms with Gasteiger partial charge in [-0.1, -0.05) is 33.6 Å². The van der Waals surface area contributed by atoms with E-state index < -0.39 is 0 Å². The van der Waals surface area contributed by atoms with E-state index in [0.29, 0.717) is 0 Å². The molecule has 0 aromatic carbocycles. The van der Waals surface area contributed by atoms with Crippen molar-refractivity contribution in [1.29, 1.82) is 0 Å². The van der Waals surface area contributed by atoms with Crippen LogP contribution in [-0.2, 0) is 0 Å². The van der Waals surface area contributed by atoms with E-state index in [1.54, 1.807) is 6.20 Å². The number of hydrogen-bond acceptors (Lipinski definition) is 3. The van der Waals surface area contributed by atoms with Crippen molar-refractivity contribution in [1.82, 2.24) is 9.71 Å². The highest BCUT2D eigenvalue weighted by molar-refractivity contribution is 9.10. The molecular formula is C11H19BrN2S. The summed E-state index contributed by atoms with van der Waals surface area (Å²) in [5, 5.41) is 0. The fourth-order valence-electron chi connectivity index (χ4n) is 0.710. The number of aromatic nitrogens is 1. The Morgan fingerprint density at radius 3 is 2.13 bits per heavy atom. The third-order valence-electron chi connectivity index (χ3n) is 1.39. The zero-order valence-corrected chi connectivity index (χ0v) is 12.1. The van der Waals surface area contributed by atoms with Gasteiger partial charge in [0.2, 0.25) is 0 Å². The summed E-state index contributed by atoms with van der Waals surface area (Å²) in [6.07, 6.45) is 1.77. The molecule has 0 spiro atoms. The van der Waals surface area contributed by atoms with Crippen molar-refractivity contribution in [3.8, 4) is 0 Å². The monoisotopic (exact) mass is 290 g/mol. The molecule has 86 valence electrons. The molecule has 0 saturated heterocycles. The summed E-state index contributed by atoms with van der Waals surface area (Å²) in [7, 11) is 0. The molecule has 0 fully saturated rings.